The fourth-order valence-electron chi connectivity index (χ4n) is 1.88. The molecule has 1 aromatic rings. The molecular weight excluding hydrogens is 295 g/mol. The lowest BCUT2D eigenvalue weighted by Gasteiger charge is -2.21. The summed E-state index contributed by atoms with van der Waals surface area (Å²) in [6, 6.07) is 0. The van der Waals surface area contributed by atoms with E-state index >= 15 is 0 Å². The molecule has 5 nitrogen and oxygen atoms in total. The number of hydrogen-bond donors (Lipinski definition) is 1. The quantitative estimate of drug-likeness (QED) is 0.866. The highest BCUT2D eigenvalue weighted by Gasteiger charge is 2.15. The van der Waals surface area contributed by atoms with Crippen molar-refractivity contribution in [3.63, 3.8) is 0 Å². The van der Waals surface area contributed by atoms with Gasteiger partial charge in [-0.25, -0.2) is 9.37 Å². The number of halogens is 2. The summed E-state index contributed by atoms with van der Waals surface area (Å²) in [5, 5.41) is 2.87. The maximum atomic E-state index is 13.6. The normalized spacial score (nSPS) is 19.6. The van der Waals surface area contributed by atoms with Crippen molar-refractivity contribution < 1.29 is 9.13 Å². The van der Waals surface area contributed by atoms with E-state index in [9.17, 15) is 4.39 Å². The Morgan fingerprint density at radius 1 is 1.48 bits per heavy atom. The molecule has 112 valence electrons. The average molecular weight is 311 g/mol. The van der Waals surface area contributed by atoms with Gasteiger partial charge in [-0.05, 0) is 29.8 Å². The first-order valence-electron chi connectivity index (χ1n) is 6.25. The summed E-state index contributed by atoms with van der Waals surface area (Å²) in [4.78, 5) is 9.31. The van der Waals surface area contributed by atoms with Crippen LogP contribution in [0.3, 0.4) is 0 Å². The number of rotatable bonds is 4. The van der Waals surface area contributed by atoms with Gasteiger partial charge in [-0.3, -0.25) is 0 Å². The van der Waals surface area contributed by atoms with Gasteiger partial charge >= 0.3 is 0 Å². The van der Waals surface area contributed by atoms with E-state index in [0.29, 0.717) is 5.70 Å². The van der Waals surface area contributed by atoms with Crippen LogP contribution in [0.5, 0.6) is 0 Å². The van der Waals surface area contributed by atoms with Crippen LogP contribution in [0.1, 0.15) is 0 Å². The van der Waals surface area contributed by atoms with E-state index in [1.807, 2.05) is 37.3 Å². The molecule has 1 heterocycles. The molecule has 0 radical (unpaired) electrons. The third-order valence-electron chi connectivity index (χ3n) is 2.74. The molecule has 0 fully saturated rings. The lowest BCUT2D eigenvalue weighted by atomic mass is 10.0. The Kier molecular flexibility index (Phi) is 4.93. The van der Waals surface area contributed by atoms with Gasteiger partial charge in [0.15, 0.2) is 11.6 Å². The van der Waals surface area contributed by atoms with Crippen molar-refractivity contribution in [1.29, 1.82) is 0 Å². The SMILES string of the molecule is COC1C=CC(Nc2nc(Cl)ncc2F)=CC1=CN(C)C. The number of nitrogens with zero attached hydrogens (tertiary/aromatic N) is 3. The summed E-state index contributed by atoms with van der Waals surface area (Å²) >= 11 is 5.67. The molecule has 0 spiro atoms. The minimum absolute atomic E-state index is 0.0156. The second kappa shape index (κ2) is 6.69. The maximum Gasteiger partial charge on any atom is 0.224 e. The van der Waals surface area contributed by atoms with Crippen molar-refractivity contribution in [2.75, 3.05) is 26.5 Å². The predicted molar refractivity (Wildman–Crippen MR) is 80.4 cm³/mol. The molecule has 7 heteroatoms. The van der Waals surface area contributed by atoms with Gasteiger partial charge < -0.3 is 15.0 Å². The summed E-state index contributed by atoms with van der Waals surface area (Å²) in [5.41, 5.74) is 1.62. The lowest BCUT2D eigenvalue weighted by molar-refractivity contribution is 0.169. The van der Waals surface area contributed by atoms with Crippen LogP contribution in [0.4, 0.5) is 10.2 Å². The van der Waals surface area contributed by atoms with Gasteiger partial charge in [0, 0.05) is 38.7 Å². The smallest absolute Gasteiger partial charge is 0.224 e. The third-order valence-corrected chi connectivity index (χ3v) is 2.92. The minimum Gasteiger partial charge on any atom is -0.383 e. The fraction of sp³-hybridized carbons (Fsp3) is 0.286. The van der Waals surface area contributed by atoms with Crippen molar-refractivity contribution in [2.45, 2.75) is 6.10 Å². The molecule has 0 amide bonds. The van der Waals surface area contributed by atoms with Gasteiger partial charge in [-0.1, -0.05) is 0 Å². The van der Waals surface area contributed by atoms with Crippen molar-refractivity contribution >= 4 is 17.4 Å². The highest BCUT2D eigenvalue weighted by atomic mass is 35.5. The van der Waals surface area contributed by atoms with E-state index in [0.717, 1.165) is 11.8 Å². The van der Waals surface area contributed by atoms with Crippen molar-refractivity contribution in [3.05, 3.63) is 53.0 Å². The van der Waals surface area contributed by atoms with Crippen LogP contribution in [0.15, 0.2) is 41.9 Å². The van der Waals surface area contributed by atoms with E-state index in [1.165, 1.54) is 0 Å². The standard InChI is InChI=1S/C14H16ClFN4O/c1-20(2)8-9-6-10(4-5-12(9)21-3)18-13-11(16)7-17-14(15)19-13/h4-8,12H,1-3H3,(H,17,18,19). The first-order valence-corrected chi connectivity index (χ1v) is 6.63. The molecule has 1 atom stereocenters. The molecule has 1 aliphatic carbocycles. The number of methoxy groups -OCH3 is 1. The van der Waals surface area contributed by atoms with Gasteiger partial charge in [0.05, 0.1) is 6.20 Å². The molecule has 0 bridgehead atoms. The van der Waals surface area contributed by atoms with Crippen molar-refractivity contribution in [3.8, 4) is 0 Å². The number of nitrogens with one attached hydrogen (secondary N) is 1. The zero-order chi connectivity index (χ0) is 15.4. The van der Waals surface area contributed by atoms with Gasteiger partial charge in [0.25, 0.3) is 0 Å². The number of hydrogen-bond acceptors (Lipinski definition) is 5. The first-order chi connectivity index (χ1) is 9.99. The Bertz CT molecular complexity index is 613. The number of anilines is 1. The van der Waals surface area contributed by atoms with Gasteiger partial charge in [0.2, 0.25) is 5.28 Å². The van der Waals surface area contributed by atoms with Crippen LogP contribution in [-0.2, 0) is 4.74 Å². The summed E-state index contributed by atoms with van der Waals surface area (Å²) in [7, 11) is 5.47. The van der Waals surface area contributed by atoms with Crippen LogP contribution in [-0.4, -0.2) is 42.2 Å². The van der Waals surface area contributed by atoms with Crippen LogP contribution in [0.25, 0.3) is 0 Å². The molecule has 1 unspecified atom stereocenters. The fourth-order valence-corrected chi connectivity index (χ4v) is 2.02. The highest BCUT2D eigenvalue weighted by molar-refractivity contribution is 6.28. The van der Waals surface area contributed by atoms with Gasteiger partial charge in [-0.15, -0.1) is 0 Å². The summed E-state index contributed by atoms with van der Waals surface area (Å²) < 4.78 is 19.0. The summed E-state index contributed by atoms with van der Waals surface area (Å²) in [6.07, 6.45) is 8.36. The zero-order valence-corrected chi connectivity index (χ0v) is 12.7. The second-order valence-corrected chi connectivity index (χ2v) is 5.01. The van der Waals surface area contributed by atoms with Crippen LogP contribution >= 0.6 is 11.6 Å². The van der Waals surface area contributed by atoms with E-state index in [1.54, 1.807) is 13.2 Å². The monoisotopic (exact) mass is 310 g/mol. The van der Waals surface area contributed by atoms with Gasteiger partial charge in [0.1, 0.15) is 6.10 Å². The lowest BCUT2D eigenvalue weighted by Crippen LogP contribution is -2.18. The highest BCUT2D eigenvalue weighted by Crippen LogP contribution is 2.22. The second-order valence-electron chi connectivity index (χ2n) is 4.67. The average Bonchev–Trinajstić information content (AvgIpc) is 2.42. The summed E-state index contributed by atoms with van der Waals surface area (Å²) in [5.74, 6) is -0.535. The molecule has 0 saturated heterocycles. The number of allylic oxidation sites excluding steroid dienone is 1. The minimum atomic E-state index is -0.569. The molecule has 21 heavy (non-hydrogen) atoms. The largest absolute Gasteiger partial charge is 0.383 e. The van der Waals surface area contributed by atoms with E-state index in [-0.39, 0.29) is 17.2 Å². The Labute approximate surface area is 127 Å². The topological polar surface area (TPSA) is 50.3 Å². The first kappa shape index (κ1) is 15.5. The molecule has 0 aromatic carbocycles. The van der Waals surface area contributed by atoms with Crippen LogP contribution in [0.2, 0.25) is 5.28 Å². The molecule has 1 aliphatic rings. The Morgan fingerprint density at radius 3 is 2.90 bits per heavy atom. The number of ether oxygens (including phenoxy) is 1. The Balaban J connectivity index is 2.26. The van der Waals surface area contributed by atoms with Crippen molar-refractivity contribution in [1.82, 2.24) is 14.9 Å². The predicted octanol–water partition coefficient (Wildman–Crippen LogP) is 2.60. The van der Waals surface area contributed by atoms with Gasteiger partial charge in [-0.2, -0.15) is 4.98 Å². The van der Waals surface area contributed by atoms with Crippen molar-refractivity contribution in [2.24, 2.45) is 0 Å². The Hall–Kier alpha value is -1.92. The van der Waals surface area contributed by atoms with E-state index < -0.39 is 5.82 Å². The van der Waals surface area contributed by atoms with E-state index in [4.69, 9.17) is 16.3 Å². The van der Waals surface area contributed by atoms with Crippen LogP contribution < -0.4 is 5.32 Å². The molecule has 0 aliphatic heterocycles. The maximum absolute atomic E-state index is 13.6. The Morgan fingerprint density at radius 2 is 2.24 bits per heavy atom. The van der Waals surface area contributed by atoms with Crippen LogP contribution in [0, 0.1) is 5.82 Å². The molecular formula is C14H16ClFN4O. The number of aromatic nitrogens is 2. The molecule has 1 aromatic heterocycles. The van der Waals surface area contributed by atoms with E-state index in [2.05, 4.69) is 15.3 Å². The summed E-state index contributed by atoms with van der Waals surface area (Å²) in [6.45, 7) is 0. The molecule has 0 saturated carbocycles. The molecule has 2 rings (SSSR count). The molecule has 1 N–H and O–H groups in total. The zero-order valence-electron chi connectivity index (χ0n) is 12.0. The third kappa shape index (κ3) is 4.03.